The molecule has 2 N–H and O–H groups in total. The third kappa shape index (κ3) is 9.14. The Labute approximate surface area is 217 Å². The second-order valence-corrected chi connectivity index (χ2v) is 11.8. The highest BCUT2D eigenvalue weighted by Gasteiger charge is 2.38. The standard InChI is InChI=1S/C29H47N3O4/c1-19(2)18-24(31-28(35)36-29(6,7)8)27(34)32(20(3)4)25(22-16-14-21(5)15-17-22)26(33)30-23-12-10-9-11-13-23/h14-17,19-20,23-25H,9-13,18H2,1-8H3,(H,30,33)(H,31,35). The summed E-state index contributed by atoms with van der Waals surface area (Å²) in [6, 6.07) is 6.01. The average molecular weight is 502 g/mol. The van der Waals surface area contributed by atoms with E-state index in [1.54, 1.807) is 25.7 Å². The number of alkyl carbamates (subject to hydrolysis) is 1. The number of nitrogens with zero attached hydrogens (tertiary/aromatic N) is 1. The van der Waals surface area contributed by atoms with Crippen LogP contribution in [-0.4, -0.2) is 46.5 Å². The van der Waals surface area contributed by atoms with Crippen molar-refractivity contribution < 1.29 is 19.1 Å². The van der Waals surface area contributed by atoms with Gasteiger partial charge in [0.05, 0.1) is 0 Å². The highest BCUT2D eigenvalue weighted by Crippen LogP contribution is 2.28. The van der Waals surface area contributed by atoms with E-state index in [2.05, 4.69) is 10.6 Å². The van der Waals surface area contributed by atoms with Crippen molar-refractivity contribution in [3.05, 3.63) is 35.4 Å². The summed E-state index contributed by atoms with van der Waals surface area (Å²) in [6.07, 6.45) is 5.11. The normalized spacial score (nSPS) is 16.4. The summed E-state index contributed by atoms with van der Waals surface area (Å²) in [5, 5.41) is 6.02. The van der Waals surface area contributed by atoms with Gasteiger partial charge in [-0.05, 0) is 72.3 Å². The van der Waals surface area contributed by atoms with Gasteiger partial charge in [-0.25, -0.2) is 4.79 Å². The summed E-state index contributed by atoms with van der Waals surface area (Å²) in [7, 11) is 0. The van der Waals surface area contributed by atoms with E-state index in [0.717, 1.165) is 36.8 Å². The van der Waals surface area contributed by atoms with Gasteiger partial charge in [-0.3, -0.25) is 9.59 Å². The van der Waals surface area contributed by atoms with Gasteiger partial charge >= 0.3 is 6.09 Å². The number of hydrogen-bond acceptors (Lipinski definition) is 4. The van der Waals surface area contributed by atoms with Crippen molar-refractivity contribution in [1.82, 2.24) is 15.5 Å². The maximum Gasteiger partial charge on any atom is 0.408 e. The zero-order chi connectivity index (χ0) is 27.0. The fraction of sp³-hybridized carbons (Fsp3) is 0.690. The monoisotopic (exact) mass is 501 g/mol. The number of amides is 3. The molecule has 1 aliphatic carbocycles. The molecule has 2 unspecified atom stereocenters. The fourth-order valence-electron chi connectivity index (χ4n) is 4.72. The number of carbonyl (C=O) groups excluding carboxylic acids is 3. The molecule has 2 atom stereocenters. The molecule has 0 bridgehead atoms. The third-order valence-electron chi connectivity index (χ3n) is 6.38. The number of ether oxygens (including phenoxy) is 1. The van der Waals surface area contributed by atoms with Crippen LogP contribution in [0.2, 0.25) is 0 Å². The van der Waals surface area contributed by atoms with Crippen LogP contribution in [-0.2, 0) is 14.3 Å². The van der Waals surface area contributed by atoms with Crippen LogP contribution in [0.5, 0.6) is 0 Å². The van der Waals surface area contributed by atoms with Crippen LogP contribution in [0, 0.1) is 12.8 Å². The highest BCUT2D eigenvalue weighted by molar-refractivity contribution is 5.92. The van der Waals surface area contributed by atoms with Crippen LogP contribution in [0.15, 0.2) is 24.3 Å². The molecule has 1 aromatic carbocycles. The summed E-state index contributed by atoms with van der Waals surface area (Å²) < 4.78 is 5.45. The molecule has 0 radical (unpaired) electrons. The maximum atomic E-state index is 14.1. The predicted octanol–water partition coefficient (Wildman–Crippen LogP) is 5.66. The van der Waals surface area contributed by atoms with E-state index in [-0.39, 0.29) is 29.8 Å². The Hall–Kier alpha value is -2.57. The minimum Gasteiger partial charge on any atom is -0.444 e. The third-order valence-corrected chi connectivity index (χ3v) is 6.38. The first-order chi connectivity index (χ1) is 16.8. The SMILES string of the molecule is Cc1ccc(C(C(=O)NC2CCCCC2)N(C(=O)C(CC(C)C)NC(=O)OC(C)(C)C)C(C)C)cc1. The maximum absolute atomic E-state index is 14.1. The van der Waals surface area contributed by atoms with Crippen LogP contribution >= 0.6 is 0 Å². The first-order valence-corrected chi connectivity index (χ1v) is 13.5. The smallest absolute Gasteiger partial charge is 0.408 e. The van der Waals surface area contributed by atoms with E-state index in [1.165, 1.54) is 6.42 Å². The lowest BCUT2D eigenvalue weighted by Gasteiger charge is -2.38. The molecule has 0 aromatic heterocycles. The van der Waals surface area contributed by atoms with Gasteiger partial charge < -0.3 is 20.3 Å². The van der Waals surface area contributed by atoms with Crippen molar-refractivity contribution in [3.63, 3.8) is 0 Å². The van der Waals surface area contributed by atoms with E-state index in [1.807, 2.05) is 58.9 Å². The molecule has 3 amide bonds. The summed E-state index contributed by atoms with van der Waals surface area (Å²) in [6.45, 7) is 15.2. The lowest BCUT2D eigenvalue weighted by molar-refractivity contribution is -0.145. The van der Waals surface area contributed by atoms with E-state index >= 15 is 0 Å². The molecule has 0 spiro atoms. The van der Waals surface area contributed by atoms with Gasteiger partial charge in [0.25, 0.3) is 0 Å². The van der Waals surface area contributed by atoms with Gasteiger partial charge in [-0.1, -0.05) is 62.9 Å². The second-order valence-electron chi connectivity index (χ2n) is 11.8. The molecule has 0 aliphatic heterocycles. The van der Waals surface area contributed by atoms with Crippen molar-refractivity contribution in [2.75, 3.05) is 0 Å². The quantitative estimate of drug-likeness (QED) is 0.457. The Bertz CT molecular complexity index is 868. The van der Waals surface area contributed by atoms with E-state index in [4.69, 9.17) is 4.74 Å². The largest absolute Gasteiger partial charge is 0.444 e. The van der Waals surface area contributed by atoms with Crippen LogP contribution in [0.25, 0.3) is 0 Å². The Morgan fingerprint density at radius 3 is 2.08 bits per heavy atom. The van der Waals surface area contributed by atoms with Gasteiger partial charge in [-0.15, -0.1) is 0 Å². The molecule has 1 aromatic rings. The van der Waals surface area contributed by atoms with Gasteiger partial charge in [-0.2, -0.15) is 0 Å². The molecule has 1 aliphatic rings. The Morgan fingerprint density at radius 2 is 1.58 bits per heavy atom. The summed E-state index contributed by atoms with van der Waals surface area (Å²) >= 11 is 0. The lowest BCUT2D eigenvalue weighted by atomic mass is 9.94. The number of carbonyl (C=O) groups is 3. The molecule has 0 heterocycles. The first-order valence-electron chi connectivity index (χ1n) is 13.5. The van der Waals surface area contributed by atoms with Crippen molar-refractivity contribution in [2.45, 2.75) is 124 Å². The molecule has 36 heavy (non-hydrogen) atoms. The molecular formula is C29H47N3O4. The van der Waals surface area contributed by atoms with Crippen molar-refractivity contribution in [3.8, 4) is 0 Å². The van der Waals surface area contributed by atoms with Crippen LogP contribution in [0.1, 0.15) is 104 Å². The number of hydrogen-bond donors (Lipinski definition) is 2. The molecule has 7 nitrogen and oxygen atoms in total. The van der Waals surface area contributed by atoms with Gasteiger partial charge in [0, 0.05) is 12.1 Å². The van der Waals surface area contributed by atoms with Crippen LogP contribution < -0.4 is 10.6 Å². The fourth-order valence-corrected chi connectivity index (χ4v) is 4.72. The molecule has 1 fully saturated rings. The van der Waals surface area contributed by atoms with Gasteiger partial charge in [0.1, 0.15) is 17.7 Å². The molecule has 7 heteroatoms. The van der Waals surface area contributed by atoms with Gasteiger partial charge in [0.2, 0.25) is 11.8 Å². The Balaban J connectivity index is 2.42. The summed E-state index contributed by atoms with van der Waals surface area (Å²) in [5.74, 6) is -0.306. The van der Waals surface area contributed by atoms with Crippen molar-refractivity contribution in [2.24, 2.45) is 5.92 Å². The number of benzene rings is 1. The van der Waals surface area contributed by atoms with Gasteiger partial charge in [0.15, 0.2) is 0 Å². The molecule has 202 valence electrons. The topological polar surface area (TPSA) is 87.7 Å². The Kier molecular flexibility index (Phi) is 10.8. The van der Waals surface area contributed by atoms with E-state index in [9.17, 15) is 14.4 Å². The summed E-state index contributed by atoms with van der Waals surface area (Å²) in [4.78, 5) is 42.1. The summed E-state index contributed by atoms with van der Waals surface area (Å²) in [5.41, 5.74) is 1.16. The van der Waals surface area contributed by atoms with Crippen LogP contribution in [0.3, 0.4) is 0 Å². The van der Waals surface area contributed by atoms with E-state index < -0.39 is 23.8 Å². The second kappa shape index (κ2) is 13.1. The zero-order valence-corrected chi connectivity index (χ0v) is 23.5. The number of aryl methyl sites for hydroxylation is 1. The Morgan fingerprint density at radius 1 is 1.00 bits per heavy atom. The number of nitrogens with one attached hydrogen (secondary N) is 2. The number of rotatable bonds is 9. The zero-order valence-electron chi connectivity index (χ0n) is 23.5. The average Bonchev–Trinajstić information content (AvgIpc) is 2.76. The minimum absolute atomic E-state index is 0.120. The van der Waals surface area contributed by atoms with Crippen molar-refractivity contribution >= 4 is 17.9 Å². The van der Waals surface area contributed by atoms with E-state index in [0.29, 0.717) is 6.42 Å². The highest BCUT2D eigenvalue weighted by atomic mass is 16.6. The van der Waals surface area contributed by atoms with Crippen LogP contribution in [0.4, 0.5) is 4.79 Å². The minimum atomic E-state index is -0.808. The molecular weight excluding hydrogens is 454 g/mol. The lowest BCUT2D eigenvalue weighted by Crippen LogP contribution is -2.56. The first kappa shape index (κ1) is 29.7. The predicted molar refractivity (Wildman–Crippen MR) is 144 cm³/mol. The molecule has 0 saturated heterocycles. The molecule has 2 rings (SSSR count). The molecule has 1 saturated carbocycles. The van der Waals surface area contributed by atoms with Crippen molar-refractivity contribution in [1.29, 1.82) is 0 Å².